The summed E-state index contributed by atoms with van der Waals surface area (Å²) < 4.78 is 5.49. The number of ether oxygens (including phenoxy) is 1. The van der Waals surface area contributed by atoms with Gasteiger partial charge in [0.05, 0.1) is 5.60 Å². The fourth-order valence-corrected chi connectivity index (χ4v) is 2.96. The highest BCUT2D eigenvalue weighted by Gasteiger charge is 2.16. The minimum atomic E-state index is 0.0602. The van der Waals surface area contributed by atoms with Crippen LogP contribution in [-0.4, -0.2) is 12.7 Å². The minimum Gasteiger partial charge on any atom is -0.379 e. The van der Waals surface area contributed by atoms with Crippen molar-refractivity contribution in [1.82, 2.24) is 0 Å². The Morgan fingerprint density at radius 1 is 0.714 bits per heavy atom. The van der Waals surface area contributed by atoms with Crippen molar-refractivity contribution in [2.24, 2.45) is 17.8 Å². The van der Waals surface area contributed by atoms with Gasteiger partial charge < -0.3 is 4.74 Å². The first-order valence-corrected chi connectivity index (χ1v) is 9.32. The molecule has 0 aliphatic heterocycles. The Morgan fingerprint density at radius 3 is 1.57 bits per heavy atom. The van der Waals surface area contributed by atoms with Crippen molar-refractivity contribution < 1.29 is 4.74 Å². The van der Waals surface area contributed by atoms with Gasteiger partial charge in [-0.1, -0.05) is 79.1 Å². The van der Waals surface area contributed by atoms with Crippen molar-refractivity contribution in [3.63, 3.8) is 0 Å². The van der Waals surface area contributed by atoms with E-state index < -0.39 is 0 Å². The smallest absolute Gasteiger partial charge is 0.0622 e. The average molecular weight is 299 g/mol. The van der Waals surface area contributed by atoms with E-state index in [-0.39, 0.29) is 5.60 Å². The van der Waals surface area contributed by atoms with Gasteiger partial charge in [-0.05, 0) is 38.0 Å². The van der Waals surface area contributed by atoms with Crippen molar-refractivity contribution in [3.8, 4) is 0 Å². The van der Waals surface area contributed by atoms with Crippen molar-refractivity contribution in [2.75, 3.05) is 7.11 Å². The van der Waals surface area contributed by atoms with Crippen molar-refractivity contribution in [1.29, 1.82) is 0 Å². The van der Waals surface area contributed by atoms with Crippen LogP contribution in [0, 0.1) is 17.8 Å². The molecule has 0 aromatic carbocycles. The van der Waals surface area contributed by atoms with E-state index in [0.717, 1.165) is 17.8 Å². The Labute approximate surface area is 135 Å². The Kier molecular flexibility index (Phi) is 11.5. The van der Waals surface area contributed by atoms with Gasteiger partial charge in [-0.15, -0.1) is 0 Å². The van der Waals surface area contributed by atoms with E-state index >= 15 is 0 Å². The van der Waals surface area contributed by atoms with Gasteiger partial charge in [0.15, 0.2) is 0 Å². The summed E-state index contributed by atoms with van der Waals surface area (Å²) >= 11 is 0. The molecule has 0 rings (SSSR count). The van der Waals surface area contributed by atoms with Gasteiger partial charge in [-0.3, -0.25) is 0 Å². The summed E-state index contributed by atoms with van der Waals surface area (Å²) in [5.41, 5.74) is 0.0602. The molecule has 0 saturated heterocycles. The predicted molar refractivity (Wildman–Crippen MR) is 95.8 cm³/mol. The maximum absolute atomic E-state index is 5.49. The standard InChI is InChI=1S/C20H42O/c1-17(2)11-8-12-18(3)13-9-14-19(4)15-10-16-20(5,6)21-7/h17-19H,8-16H2,1-7H3. The normalized spacial score (nSPS) is 15.4. The quantitative estimate of drug-likeness (QED) is 0.361. The molecular weight excluding hydrogens is 256 g/mol. The molecule has 0 aromatic heterocycles. The van der Waals surface area contributed by atoms with Crippen LogP contribution in [0.4, 0.5) is 0 Å². The van der Waals surface area contributed by atoms with Crippen LogP contribution in [-0.2, 0) is 4.74 Å². The van der Waals surface area contributed by atoms with Gasteiger partial charge in [-0.2, -0.15) is 0 Å². The number of rotatable bonds is 13. The van der Waals surface area contributed by atoms with E-state index in [2.05, 4.69) is 41.5 Å². The molecule has 0 aromatic rings. The van der Waals surface area contributed by atoms with E-state index in [1.807, 2.05) is 7.11 Å². The van der Waals surface area contributed by atoms with E-state index in [1.54, 1.807) is 0 Å². The molecule has 1 heteroatoms. The first-order valence-electron chi connectivity index (χ1n) is 9.32. The first-order chi connectivity index (χ1) is 9.76. The highest BCUT2D eigenvalue weighted by molar-refractivity contribution is 4.68. The van der Waals surface area contributed by atoms with Gasteiger partial charge in [0, 0.05) is 7.11 Å². The Hall–Kier alpha value is -0.0400. The van der Waals surface area contributed by atoms with Gasteiger partial charge in [-0.25, -0.2) is 0 Å². The fourth-order valence-electron chi connectivity index (χ4n) is 2.96. The van der Waals surface area contributed by atoms with Crippen molar-refractivity contribution in [2.45, 2.75) is 105 Å². The van der Waals surface area contributed by atoms with E-state index in [9.17, 15) is 0 Å². The number of hydrogen-bond acceptors (Lipinski definition) is 1. The van der Waals surface area contributed by atoms with Gasteiger partial charge in [0.1, 0.15) is 0 Å². The maximum atomic E-state index is 5.49. The van der Waals surface area contributed by atoms with Gasteiger partial charge in [0.2, 0.25) is 0 Å². The van der Waals surface area contributed by atoms with E-state index in [0.29, 0.717) is 0 Å². The summed E-state index contributed by atoms with van der Waals surface area (Å²) in [5.74, 6) is 2.66. The topological polar surface area (TPSA) is 9.23 Å². The molecule has 0 bridgehead atoms. The van der Waals surface area contributed by atoms with E-state index in [4.69, 9.17) is 4.74 Å². The third kappa shape index (κ3) is 13.4. The highest BCUT2D eigenvalue weighted by Crippen LogP contribution is 2.23. The first kappa shape index (κ1) is 21.0. The second kappa shape index (κ2) is 11.5. The Balaban J connectivity index is 3.54. The summed E-state index contributed by atoms with van der Waals surface area (Å²) in [7, 11) is 1.82. The molecule has 1 nitrogen and oxygen atoms in total. The molecule has 0 heterocycles. The minimum absolute atomic E-state index is 0.0602. The Bertz CT molecular complexity index is 232. The van der Waals surface area contributed by atoms with Gasteiger partial charge in [0.25, 0.3) is 0 Å². The molecule has 0 amide bonds. The Morgan fingerprint density at radius 2 is 1.14 bits per heavy atom. The maximum Gasteiger partial charge on any atom is 0.0622 e. The lowest BCUT2D eigenvalue weighted by Crippen LogP contribution is -2.22. The zero-order chi connectivity index (χ0) is 16.3. The third-order valence-electron chi connectivity index (χ3n) is 4.90. The summed E-state index contributed by atoms with van der Waals surface area (Å²) in [5, 5.41) is 0. The zero-order valence-electron chi connectivity index (χ0n) is 16.0. The molecule has 128 valence electrons. The van der Waals surface area contributed by atoms with Crippen molar-refractivity contribution in [3.05, 3.63) is 0 Å². The molecule has 0 aliphatic rings. The molecule has 0 radical (unpaired) electrons. The van der Waals surface area contributed by atoms with E-state index in [1.165, 1.54) is 57.8 Å². The van der Waals surface area contributed by atoms with Crippen LogP contribution in [0.15, 0.2) is 0 Å². The molecule has 2 unspecified atom stereocenters. The van der Waals surface area contributed by atoms with Gasteiger partial charge >= 0.3 is 0 Å². The largest absolute Gasteiger partial charge is 0.379 e. The fraction of sp³-hybridized carbons (Fsp3) is 1.00. The van der Waals surface area contributed by atoms with Crippen LogP contribution >= 0.6 is 0 Å². The monoisotopic (exact) mass is 298 g/mol. The molecular formula is C20H42O. The molecule has 21 heavy (non-hydrogen) atoms. The molecule has 0 N–H and O–H groups in total. The molecule has 2 atom stereocenters. The predicted octanol–water partition coefficient (Wildman–Crippen LogP) is 6.85. The average Bonchev–Trinajstić information content (AvgIpc) is 2.38. The lowest BCUT2D eigenvalue weighted by Gasteiger charge is -2.23. The molecule has 0 saturated carbocycles. The summed E-state index contributed by atoms with van der Waals surface area (Å²) in [6, 6.07) is 0. The second-order valence-corrected chi connectivity index (χ2v) is 8.32. The van der Waals surface area contributed by atoms with Crippen LogP contribution in [0.2, 0.25) is 0 Å². The van der Waals surface area contributed by atoms with Crippen LogP contribution in [0.1, 0.15) is 99.3 Å². The lowest BCUT2D eigenvalue weighted by atomic mass is 9.90. The molecule has 0 spiro atoms. The summed E-state index contributed by atoms with van der Waals surface area (Å²) in [4.78, 5) is 0. The van der Waals surface area contributed by atoms with Crippen LogP contribution < -0.4 is 0 Å². The van der Waals surface area contributed by atoms with Crippen LogP contribution in [0.3, 0.4) is 0 Å². The lowest BCUT2D eigenvalue weighted by molar-refractivity contribution is 0.0127. The summed E-state index contributed by atoms with van der Waals surface area (Å²) in [6.45, 7) is 13.9. The second-order valence-electron chi connectivity index (χ2n) is 8.32. The number of methoxy groups -OCH3 is 1. The SMILES string of the molecule is COC(C)(C)CCCC(C)CCCC(C)CCCC(C)C. The van der Waals surface area contributed by atoms with Crippen molar-refractivity contribution >= 4 is 0 Å². The number of hydrogen-bond donors (Lipinski definition) is 0. The third-order valence-corrected chi connectivity index (χ3v) is 4.90. The summed E-state index contributed by atoms with van der Waals surface area (Å²) in [6.07, 6.45) is 12.3. The molecule has 0 aliphatic carbocycles. The van der Waals surface area contributed by atoms with Crippen LogP contribution in [0.25, 0.3) is 0 Å². The van der Waals surface area contributed by atoms with Crippen LogP contribution in [0.5, 0.6) is 0 Å². The zero-order valence-corrected chi connectivity index (χ0v) is 16.0. The molecule has 0 fully saturated rings. The highest BCUT2D eigenvalue weighted by atomic mass is 16.5.